The lowest BCUT2D eigenvalue weighted by molar-refractivity contribution is -0.115. The van der Waals surface area contributed by atoms with E-state index >= 15 is 0 Å². The molecule has 2 N–H and O–H groups in total. The van der Waals surface area contributed by atoms with Crippen molar-refractivity contribution in [3.05, 3.63) is 97.2 Å². The van der Waals surface area contributed by atoms with E-state index in [0.29, 0.717) is 48.3 Å². The summed E-state index contributed by atoms with van der Waals surface area (Å²) in [4.78, 5) is 17.3. The topological polar surface area (TPSA) is 105 Å². The number of nitrogens with zero attached hydrogens (tertiary/aromatic N) is 2. The number of anilines is 1. The summed E-state index contributed by atoms with van der Waals surface area (Å²) in [5, 5.41) is 8.16. The van der Waals surface area contributed by atoms with Gasteiger partial charge in [-0.2, -0.15) is 4.98 Å². The van der Waals surface area contributed by atoms with E-state index in [0.717, 1.165) is 18.4 Å². The van der Waals surface area contributed by atoms with Crippen LogP contribution in [-0.2, 0) is 27.7 Å². The first-order valence-corrected chi connectivity index (χ1v) is 14.5. The Morgan fingerprint density at radius 3 is 2.31 bits per heavy atom. The molecular formula is C27H21Cl4N3O4S. The van der Waals surface area contributed by atoms with E-state index in [2.05, 4.69) is 15.5 Å². The van der Waals surface area contributed by atoms with E-state index < -0.39 is 21.7 Å². The zero-order chi connectivity index (χ0) is 27.9. The van der Waals surface area contributed by atoms with Gasteiger partial charge in [-0.3, -0.25) is 4.79 Å². The van der Waals surface area contributed by atoms with E-state index in [1.807, 2.05) is 0 Å². The van der Waals surface area contributed by atoms with Crippen molar-refractivity contribution < 1.29 is 18.1 Å². The molecule has 1 fully saturated rings. The lowest BCUT2D eigenvalue weighted by Gasteiger charge is -2.17. The predicted molar refractivity (Wildman–Crippen MR) is 154 cm³/mol. The van der Waals surface area contributed by atoms with Crippen molar-refractivity contribution in [2.45, 2.75) is 36.9 Å². The lowest BCUT2D eigenvalue weighted by Crippen LogP contribution is -2.16. The van der Waals surface area contributed by atoms with Crippen molar-refractivity contribution in [1.82, 2.24) is 10.1 Å². The summed E-state index contributed by atoms with van der Waals surface area (Å²) in [5.74, 6) is 0.457. The van der Waals surface area contributed by atoms with E-state index in [9.17, 15) is 13.6 Å². The molecule has 39 heavy (non-hydrogen) atoms. The van der Waals surface area contributed by atoms with Gasteiger partial charge in [0.05, 0.1) is 27.7 Å². The first-order valence-electron chi connectivity index (χ1n) is 11.8. The summed E-state index contributed by atoms with van der Waals surface area (Å²) < 4.78 is 26.1. The molecule has 0 bridgehead atoms. The first-order chi connectivity index (χ1) is 18.6. The molecule has 12 heteroatoms. The van der Waals surface area contributed by atoms with Gasteiger partial charge in [0.1, 0.15) is 0 Å². The molecule has 5 rings (SSSR count). The number of amides is 1. The minimum atomic E-state index is -1.96. The van der Waals surface area contributed by atoms with Gasteiger partial charge in [0.15, 0.2) is 16.9 Å². The highest BCUT2D eigenvalue weighted by molar-refractivity contribution is 7.79. The molecule has 0 aliphatic heterocycles. The highest BCUT2D eigenvalue weighted by Gasteiger charge is 2.52. The van der Waals surface area contributed by atoms with Crippen LogP contribution in [-0.4, -0.2) is 24.8 Å². The van der Waals surface area contributed by atoms with Crippen molar-refractivity contribution >= 4 is 69.1 Å². The van der Waals surface area contributed by atoms with Crippen LogP contribution in [0.1, 0.15) is 47.5 Å². The molecule has 1 saturated carbocycles. The second-order valence-electron chi connectivity index (χ2n) is 9.33. The summed E-state index contributed by atoms with van der Waals surface area (Å²) in [6.07, 6.45) is 1.56. The molecule has 2 unspecified atom stereocenters. The zero-order valence-electron chi connectivity index (χ0n) is 20.4. The second kappa shape index (κ2) is 11.2. The molecule has 7 nitrogen and oxygen atoms in total. The van der Waals surface area contributed by atoms with Gasteiger partial charge in [0.2, 0.25) is 5.91 Å². The molecule has 0 radical (unpaired) electrons. The van der Waals surface area contributed by atoms with Crippen molar-refractivity contribution in [3.8, 4) is 11.5 Å². The second-order valence-corrected chi connectivity index (χ2v) is 12.2. The third kappa shape index (κ3) is 5.87. The average molecular weight is 625 g/mol. The molecule has 0 spiro atoms. The number of hydrogen-bond acceptors (Lipinski definition) is 5. The Balaban J connectivity index is 1.32. The van der Waals surface area contributed by atoms with Crippen LogP contribution >= 0.6 is 46.4 Å². The summed E-state index contributed by atoms with van der Waals surface area (Å²) in [7, 11) is 0. The van der Waals surface area contributed by atoms with Crippen LogP contribution in [0.25, 0.3) is 11.5 Å². The summed E-state index contributed by atoms with van der Waals surface area (Å²) in [6.45, 7) is 1.66. The fourth-order valence-electron chi connectivity index (χ4n) is 4.42. The summed E-state index contributed by atoms with van der Waals surface area (Å²) in [6, 6.07) is 15.3. The highest BCUT2D eigenvalue weighted by atomic mass is 35.5. The molecule has 2 atom stereocenters. The number of carbonyl (C=O) groups excluding carboxylic acids is 1. The maximum atomic E-state index is 12.7. The van der Waals surface area contributed by atoms with Crippen LogP contribution in [0.2, 0.25) is 20.1 Å². The molecule has 1 aromatic heterocycles. The molecule has 0 saturated heterocycles. The van der Waals surface area contributed by atoms with E-state index in [4.69, 9.17) is 50.9 Å². The Morgan fingerprint density at radius 1 is 1.05 bits per heavy atom. The molecular weight excluding hydrogens is 604 g/mol. The Kier molecular flexibility index (Phi) is 8.06. The molecule has 4 aromatic rings. The smallest absolute Gasteiger partial charge is 0.259 e. The van der Waals surface area contributed by atoms with Gasteiger partial charge in [-0.05, 0) is 61.2 Å². The van der Waals surface area contributed by atoms with Crippen molar-refractivity contribution in [2.75, 3.05) is 5.32 Å². The van der Waals surface area contributed by atoms with E-state index in [1.54, 1.807) is 61.5 Å². The Bertz CT molecular complexity index is 1570. The summed E-state index contributed by atoms with van der Waals surface area (Å²) in [5.41, 5.74) is 2.56. The van der Waals surface area contributed by atoms with Gasteiger partial charge in [-0.25, -0.2) is 4.21 Å². The van der Waals surface area contributed by atoms with Crippen LogP contribution in [0.3, 0.4) is 0 Å². The van der Waals surface area contributed by atoms with Gasteiger partial charge in [0, 0.05) is 26.3 Å². The Labute approximate surface area is 247 Å². The van der Waals surface area contributed by atoms with Crippen LogP contribution in [0.4, 0.5) is 5.69 Å². The van der Waals surface area contributed by atoms with Gasteiger partial charge in [-0.15, -0.1) is 0 Å². The average Bonchev–Trinajstić information content (AvgIpc) is 3.50. The molecule has 1 heterocycles. The largest absolute Gasteiger partial charge is 0.334 e. The van der Waals surface area contributed by atoms with Crippen LogP contribution in [0, 0.1) is 0 Å². The normalized spacial score (nSPS) is 15.5. The number of carbonyl (C=O) groups is 1. The number of nitrogens with one attached hydrogen (secondary N) is 1. The predicted octanol–water partition coefficient (Wildman–Crippen LogP) is 7.89. The number of rotatable bonds is 8. The fraction of sp³-hybridized carbons (Fsp3) is 0.222. The Hall–Kier alpha value is -2.46. The maximum Gasteiger partial charge on any atom is 0.259 e. The molecule has 1 aliphatic carbocycles. The highest BCUT2D eigenvalue weighted by Crippen LogP contribution is 2.57. The molecule has 1 amide bonds. The van der Waals surface area contributed by atoms with Crippen molar-refractivity contribution in [3.63, 3.8) is 0 Å². The standard InChI is InChI=1S/C27H21Cl4N3O4S/c1-14(39(36)37)16-4-2-15(3-5-16)10-23(35)32-18-12-21(30)24(22(31)13-18)27(8-9-27)26-33-25(38-34-26)19-7-6-17(28)11-20(19)29/h2-7,11-14H,8-10H2,1H3,(H,32,35)(H,36,37). The van der Waals surface area contributed by atoms with Gasteiger partial charge in [0.25, 0.3) is 5.89 Å². The van der Waals surface area contributed by atoms with Gasteiger partial charge in [-0.1, -0.05) is 75.8 Å². The van der Waals surface area contributed by atoms with Crippen LogP contribution < -0.4 is 5.32 Å². The number of aromatic nitrogens is 2. The fourth-order valence-corrected chi connectivity index (χ4v) is 6.14. The van der Waals surface area contributed by atoms with Crippen LogP contribution in [0.15, 0.2) is 59.1 Å². The van der Waals surface area contributed by atoms with E-state index in [-0.39, 0.29) is 18.2 Å². The van der Waals surface area contributed by atoms with Crippen LogP contribution in [0.5, 0.6) is 0 Å². The molecule has 1 aliphatic rings. The number of halogens is 4. The number of benzene rings is 3. The monoisotopic (exact) mass is 623 g/mol. The maximum absolute atomic E-state index is 12.7. The quantitative estimate of drug-likeness (QED) is 0.193. The molecule has 202 valence electrons. The third-order valence-electron chi connectivity index (χ3n) is 6.69. The molecule has 3 aromatic carbocycles. The first kappa shape index (κ1) is 28.1. The minimum Gasteiger partial charge on any atom is -0.334 e. The van der Waals surface area contributed by atoms with Crippen molar-refractivity contribution in [1.29, 1.82) is 0 Å². The zero-order valence-corrected chi connectivity index (χ0v) is 24.2. The third-order valence-corrected chi connectivity index (χ3v) is 8.71. The van der Waals surface area contributed by atoms with Gasteiger partial charge < -0.3 is 14.4 Å². The van der Waals surface area contributed by atoms with E-state index in [1.165, 1.54) is 0 Å². The summed E-state index contributed by atoms with van der Waals surface area (Å²) >= 11 is 23.7. The Morgan fingerprint density at radius 2 is 1.72 bits per heavy atom. The van der Waals surface area contributed by atoms with Crippen molar-refractivity contribution in [2.24, 2.45) is 0 Å². The minimum absolute atomic E-state index is 0.108. The number of hydrogen-bond donors (Lipinski definition) is 2. The lowest BCUT2D eigenvalue weighted by atomic mass is 9.94. The SMILES string of the molecule is CC(c1ccc(CC(=O)Nc2cc(Cl)c(C3(c4noc(-c5ccc(Cl)cc5Cl)n4)CC3)c(Cl)c2)cc1)S(=O)O. The van der Waals surface area contributed by atoms with Gasteiger partial charge >= 0.3 is 0 Å².